The van der Waals surface area contributed by atoms with Gasteiger partial charge in [-0.2, -0.15) is 8.42 Å². The lowest BCUT2D eigenvalue weighted by molar-refractivity contribution is -1.63. The van der Waals surface area contributed by atoms with Gasteiger partial charge in [-0.25, -0.2) is 0 Å². The Morgan fingerprint density at radius 1 is 1.18 bits per heavy atom. The Balaban J connectivity index is -0.0000000965. The van der Waals surface area contributed by atoms with Gasteiger partial charge in [0.2, 0.25) is 0 Å². The van der Waals surface area contributed by atoms with Crippen LogP contribution in [-0.4, -0.2) is 21.0 Å². The zero-order valence-corrected chi connectivity index (χ0v) is 7.89. The van der Waals surface area contributed by atoms with Crippen LogP contribution in [0.2, 0.25) is 0 Å². The van der Waals surface area contributed by atoms with Crippen LogP contribution in [0.4, 0.5) is 0 Å². The number of hydrazine groups is 1. The summed E-state index contributed by atoms with van der Waals surface area (Å²) in [6.45, 7) is 0. The Kier molecular flexibility index (Phi) is 16.5. The molecule has 7 N–H and O–H groups in total. The second-order valence-electron chi connectivity index (χ2n) is 0.649. The molecule has 0 saturated carbocycles. The van der Waals surface area contributed by atoms with Gasteiger partial charge in [-0.3, -0.25) is 20.8 Å². The summed E-state index contributed by atoms with van der Waals surface area (Å²) in [6, 6.07) is 0. The van der Waals surface area contributed by atoms with Gasteiger partial charge in [-0.1, -0.05) is 0 Å². The fraction of sp³-hybridized carbons (Fsp3) is 0. The van der Waals surface area contributed by atoms with Gasteiger partial charge in [0.05, 0.1) is 0 Å². The van der Waals surface area contributed by atoms with E-state index in [0.717, 1.165) is 0 Å². The van der Waals surface area contributed by atoms with E-state index >= 15 is 0 Å². The van der Waals surface area contributed by atoms with E-state index in [2.05, 4.69) is 11.7 Å². The van der Waals surface area contributed by atoms with Crippen LogP contribution in [0.1, 0.15) is 0 Å². The molecule has 0 heterocycles. The van der Waals surface area contributed by atoms with E-state index in [0.29, 0.717) is 0 Å². The van der Waals surface area contributed by atoms with Gasteiger partial charge in [0.15, 0.2) is 0 Å². The van der Waals surface area contributed by atoms with Gasteiger partial charge in [-0.05, 0) is 3.44 Å². The Hall–Kier alpha value is 0.400. The molecule has 0 rings (SSSR count). The molecule has 9 nitrogen and oxygen atoms in total. The lowest BCUT2D eigenvalue weighted by Gasteiger charge is -1.68. The minimum absolute atomic E-state index is 3.76. The highest BCUT2D eigenvalue weighted by molar-refractivity contribution is 7.79. The van der Waals surface area contributed by atoms with Gasteiger partial charge in [-0.15, -0.1) is 0 Å². The number of rotatable bonds is 0. The molecule has 0 bridgehead atoms. The molecule has 0 saturated heterocycles. The van der Waals surface area contributed by atoms with E-state index in [9.17, 15) is 0 Å². The molecule has 72 valence electrons. The normalized spacial score (nSPS) is 9.09. The van der Waals surface area contributed by atoms with Crippen LogP contribution >= 0.6 is 0 Å². The monoisotopic (exact) mass is 306 g/mol. The summed E-state index contributed by atoms with van der Waals surface area (Å²) in [6.07, 6.45) is 0. The molecule has 0 spiro atoms. The zero-order chi connectivity index (χ0) is 10.1. The number of hydrogen-bond acceptors (Lipinski definition) is 7. The predicted molar refractivity (Wildman–Crippen MR) is 24.8 cm³/mol. The molecule has 0 amide bonds. The van der Waals surface area contributed by atoms with Crippen LogP contribution in [0, 0.1) is 0 Å². The standard InChI is InChI=1S/HIO3.H4N2.H2O4S/c2-1(3)4;1-2;1-5(2,3)4/h2H;1-2H2;(H2,1,2,3,4). The molecular weight excluding hydrogens is 299 g/mol. The smallest absolute Gasteiger partial charge is 0.396 e. The molecule has 0 aromatic heterocycles. The van der Waals surface area contributed by atoms with Crippen molar-refractivity contribution in [3.8, 4) is 0 Å². The first-order valence-electron chi connectivity index (χ1n) is 1.51. The minimum Gasteiger partial charge on any atom is -0.396 e. The van der Waals surface area contributed by atoms with Crippen LogP contribution in [0.3, 0.4) is 0 Å². The van der Waals surface area contributed by atoms with E-state index in [1.54, 1.807) is 0 Å². The molecule has 0 atom stereocenters. The maximum absolute atomic E-state index is 8.74. The molecule has 11 heavy (non-hydrogen) atoms. The first-order chi connectivity index (χ1) is 4.73. The molecule has 0 fully saturated rings. The van der Waals surface area contributed by atoms with Crippen LogP contribution in [0.25, 0.3) is 0 Å². The SMILES string of the molecule is NN.O=S(=O)(O)O.[O-][I+2]([O-])O. The third-order valence-corrected chi connectivity index (χ3v) is 0. The molecule has 0 aromatic carbocycles. The number of nitrogens with two attached hydrogens (primary N) is 2. The van der Waals surface area contributed by atoms with E-state index in [1.807, 2.05) is 0 Å². The molecule has 0 aliphatic rings. The minimum atomic E-state index is -4.67. The Morgan fingerprint density at radius 2 is 1.18 bits per heavy atom. The largest absolute Gasteiger partial charge is 0.503 e. The summed E-state index contributed by atoms with van der Waals surface area (Å²) in [4.78, 5) is 0. The summed E-state index contributed by atoms with van der Waals surface area (Å²) in [5, 5.41) is 0. The first kappa shape index (κ1) is 17.5. The fourth-order valence-corrected chi connectivity index (χ4v) is 0. The highest BCUT2D eigenvalue weighted by Crippen LogP contribution is 1.59. The fourth-order valence-electron chi connectivity index (χ4n) is 0. The summed E-state index contributed by atoms with van der Waals surface area (Å²) < 4.78 is 56.1. The lowest BCUT2D eigenvalue weighted by Crippen LogP contribution is -3.98. The summed E-state index contributed by atoms with van der Waals surface area (Å²) in [7, 11) is -4.67. The quantitative estimate of drug-likeness (QED) is 0.125. The molecule has 0 aromatic rings. The number of halogens is 1. The van der Waals surface area contributed by atoms with Crippen molar-refractivity contribution in [2.45, 2.75) is 0 Å². The van der Waals surface area contributed by atoms with Crippen molar-refractivity contribution < 1.29 is 48.9 Å². The molecule has 0 unspecified atom stereocenters. The van der Waals surface area contributed by atoms with Crippen molar-refractivity contribution in [3.05, 3.63) is 0 Å². The highest BCUT2D eigenvalue weighted by Gasteiger charge is 1.89. The van der Waals surface area contributed by atoms with Crippen molar-refractivity contribution in [2.24, 2.45) is 11.7 Å². The average molecular weight is 306 g/mol. The van der Waals surface area contributed by atoms with Crippen molar-refractivity contribution in [2.75, 3.05) is 0 Å². The Bertz CT molecular complexity index is 128. The molecule has 11 heteroatoms. The van der Waals surface area contributed by atoms with Crippen molar-refractivity contribution in [3.63, 3.8) is 0 Å². The molecule has 0 radical (unpaired) electrons. The van der Waals surface area contributed by atoms with Crippen LogP contribution in [-0.2, 0) is 10.4 Å². The Morgan fingerprint density at radius 3 is 1.18 bits per heavy atom. The van der Waals surface area contributed by atoms with Crippen molar-refractivity contribution in [1.29, 1.82) is 0 Å². The molecule has 0 aliphatic heterocycles. The second kappa shape index (κ2) is 10.4. The van der Waals surface area contributed by atoms with Crippen molar-refractivity contribution >= 4 is 10.4 Å². The second-order valence-corrected chi connectivity index (χ2v) is 2.69. The van der Waals surface area contributed by atoms with Crippen LogP contribution in [0.5, 0.6) is 0 Å². The van der Waals surface area contributed by atoms with Crippen LogP contribution < -0.4 is 39.6 Å². The maximum atomic E-state index is 8.74. The van der Waals surface area contributed by atoms with Gasteiger partial charge in [0.25, 0.3) is 0 Å². The first-order valence-corrected chi connectivity index (χ1v) is 5.63. The van der Waals surface area contributed by atoms with Gasteiger partial charge in [0.1, 0.15) is 0 Å². The van der Waals surface area contributed by atoms with E-state index < -0.39 is 31.5 Å². The molecule has 0 aliphatic carbocycles. The molecular formula is H7IN2O7S. The Labute approximate surface area is 71.2 Å². The summed E-state index contributed by atoms with van der Waals surface area (Å²) in [5.74, 6) is 8.00. The predicted octanol–water partition coefficient (Wildman–Crippen LogP) is -7.77. The van der Waals surface area contributed by atoms with Gasteiger partial charge >= 0.3 is 31.5 Å². The van der Waals surface area contributed by atoms with E-state index in [1.165, 1.54) is 0 Å². The lowest BCUT2D eigenvalue weighted by atomic mass is 13.0. The van der Waals surface area contributed by atoms with Crippen LogP contribution in [0.15, 0.2) is 0 Å². The topological polar surface area (TPSA) is 193 Å². The third kappa shape index (κ3) is 4590. The highest BCUT2D eigenvalue weighted by atomic mass is 127. The van der Waals surface area contributed by atoms with E-state index in [-0.39, 0.29) is 0 Å². The van der Waals surface area contributed by atoms with Gasteiger partial charge in [0, 0.05) is 0 Å². The zero-order valence-electron chi connectivity index (χ0n) is 4.92. The average Bonchev–Trinajstić information content (AvgIpc) is 1.63. The van der Waals surface area contributed by atoms with E-state index in [4.69, 9.17) is 27.8 Å². The van der Waals surface area contributed by atoms with Gasteiger partial charge < -0.3 is 6.87 Å². The summed E-state index contributed by atoms with van der Waals surface area (Å²) in [5.41, 5.74) is 0. The summed E-state index contributed by atoms with van der Waals surface area (Å²) >= 11 is -3.76. The maximum Gasteiger partial charge on any atom is 0.503 e. The number of hydrogen-bond donors (Lipinski definition) is 5. The van der Waals surface area contributed by atoms with Crippen molar-refractivity contribution in [1.82, 2.24) is 0 Å². The third-order valence-electron chi connectivity index (χ3n) is 0.